The Morgan fingerprint density at radius 2 is 1.72 bits per heavy atom. The van der Waals surface area contributed by atoms with E-state index in [9.17, 15) is 12.8 Å². The summed E-state index contributed by atoms with van der Waals surface area (Å²) in [6.07, 6.45) is 13.4. The zero-order chi connectivity index (χ0) is 23.5. The van der Waals surface area contributed by atoms with Gasteiger partial charge in [-0.25, -0.2) is 17.8 Å². The number of nitrogens with zero attached hydrogens (tertiary/aromatic N) is 1. The molecular weight excluding hydrogens is 429 g/mol. The van der Waals surface area contributed by atoms with Crippen molar-refractivity contribution in [3.05, 3.63) is 30.2 Å². The van der Waals surface area contributed by atoms with Gasteiger partial charge >= 0.3 is 0 Å². The van der Waals surface area contributed by atoms with Gasteiger partial charge in [-0.15, -0.1) is 0 Å². The molecule has 4 N–H and O–H groups in total. The molecule has 182 valence electrons. The fourth-order valence-electron chi connectivity index (χ4n) is 4.20. The molecule has 0 aliphatic heterocycles. The maximum atomic E-state index is 13.3. The molecule has 6 nitrogen and oxygen atoms in total. The Hall–Kier alpha value is -1.51. The highest BCUT2D eigenvalue weighted by Gasteiger charge is 2.27. The highest BCUT2D eigenvalue weighted by atomic mass is 32.2. The molecule has 1 aromatic rings. The fraction of sp³-hybridized carbons (Fsp3) is 0.708. The number of pyridine rings is 1. The van der Waals surface area contributed by atoms with Crippen LogP contribution in [0.2, 0.25) is 0 Å². The normalized spacial score (nSPS) is 25.1. The average Bonchev–Trinajstić information content (AvgIpc) is 2.77. The van der Waals surface area contributed by atoms with Crippen molar-refractivity contribution in [2.75, 3.05) is 13.2 Å². The lowest BCUT2D eigenvalue weighted by Gasteiger charge is -2.25. The van der Waals surface area contributed by atoms with Crippen LogP contribution in [0.15, 0.2) is 35.1 Å². The first-order chi connectivity index (χ1) is 15.3. The minimum absolute atomic E-state index is 0.0158. The smallest absolute Gasteiger partial charge is 0.213 e. The number of aromatic nitrogens is 1. The van der Waals surface area contributed by atoms with E-state index in [-0.39, 0.29) is 29.5 Å². The molecule has 1 aromatic heterocycles. The van der Waals surface area contributed by atoms with E-state index < -0.39 is 15.1 Å². The zero-order valence-corrected chi connectivity index (χ0v) is 20.2. The number of halogens is 1. The van der Waals surface area contributed by atoms with Gasteiger partial charge in [-0.05, 0) is 38.7 Å². The Morgan fingerprint density at radius 1 is 1.12 bits per heavy atom. The summed E-state index contributed by atoms with van der Waals surface area (Å²) in [6, 6.07) is 3.05. The molecule has 0 unspecified atom stereocenters. The van der Waals surface area contributed by atoms with Crippen LogP contribution in [0.3, 0.4) is 0 Å². The van der Waals surface area contributed by atoms with E-state index in [4.69, 9.17) is 16.2 Å². The SMILES string of the molecule is CC1(N)CCCCCCC(S(=O)(=O)c2ccc(OC/C(=C/F)CN)nc2)CCCCCC1. The van der Waals surface area contributed by atoms with Crippen molar-refractivity contribution in [1.29, 1.82) is 0 Å². The lowest BCUT2D eigenvalue weighted by Crippen LogP contribution is -2.35. The highest BCUT2D eigenvalue weighted by Crippen LogP contribution is 2.27. The molecule has 1 aliphatic rings. The lowest BCUT2D eigenvalue weighted by atomic mass is 9.89. The minimum Gasteiger partial charge on any atom is -0.473 e. The lowest BCUT2D eigenvalue weighted by molar-refractivity contribution is 0.333. The third-order valence-electron chi connectivity index (χ3n) is 6.35. The summed E-state index contributed by atoms with van der Waals surface area (Å²) in [6.45, 7) is 2.19. The van der Waals surface area contributed by atoms with Gasteiger partial charge in [-0.2, -0.15) is 0 Å². The number of rotatable bonds is 6. The first-order valence-electron chi connectivity index (χ1n) is 11.9. The summed E-state index contributed by atoms with van der Waals surface area (Å²) in [5.41, 5.74) is 12.0. The Morgan fingerprint density at radius 3 is 2.22 bits per heavy atom. The Balaban J connectivity index is 2.01. The number of nitrogens with two attached hydrogens (primary N) is 2. The van der Waals surface area contributed by atoms with Crippen LogP contribution >= 0.6 is 0 Å². The van der Waals surface area contributed by atoms with Gasteiger partial charge in [-0.1, -0.05) is 51.4 Å². The first kappa shape index (κ1) is 26.7. The van der Waals surface area contributed by atoms with Crippen molar-refractivity contribution in [2.24, 2.45) is 11.5 Å². The van der Waals surface area contributed by atoms with Gasteiger partial charge in [0.25, 0.3) is 0 Å². The molecule has 8 heteroatoms. The van der Waals surface area contributed by atoms with Crippen LogP contribution in [0.5, 0.6) is 5.88 Å². The van der Waals surface area contributed by atoms with Gasteiger partial charge in [-0.3, -0.25) is 0 Å². The topological polar surface area (TPSA) is 108 Å². The third-order valence-corrected chi connectivity index (χ3v) is 8.59. The number of hydrogen-bond acceptors (Lipinski definition) is 6. The quantitative estimate of drug-likeness (QED) is 0.618. The summed E-state index contributed by atoms with van der Waals surface area (Å²) in [7, 11) is -3.47. The van der Waals surface area contributed by atoms with Crippen molar-refractivity contribution >= 4 is 9.84 Å². The maximum absolute atomic E-state index is 13.3. The van der Waals surface area contributed by atoms with Gasteiger partial charge in [0.2, 0.25) is 5.88 Å². The van der Waals surface area contributed by atoms with Crippen LogP contribution in [0, 0.1) is 0 Å². The van der Waals surface area contributed by atoms with E-state index in [2.05, 4.69) is 11.9 Å². The molecule has 1 saturated carbocycles. The van der Waals surface area contributed by atoms with Crippen molar-refractivity contribution < 1.29 is 17.5 Å². The monoisotopic (exact) mass is 469 g/mol. The standard InChI is InChI=1S/C24H40FN3O3S/c1-24(27)14-8-4-2-6-10-21(11-7-3-5-9-15-24)32(29,30)22-12-13-23(28-18-22)31-19-20(16-25)17-26/h12-13,16,18,21H,2-11,14-15,17,19,26-27H2,1H3/b20-16+. The predicted molar refractivity (Wildman–Crippen MR) is 127 cm³/mol. The second kappa shape index (κ2) is 13.3. The Kier molecular flexibility index (Phi) is 11.1. The van der Waals surface area contributed by atoms with Crippen molar-refractivity contribution in [1.82, 2.24) is 4.98 Å². The van der Waals surface area contributed by atoms with Gasteiger partial charge in [0.1, 0.15) is 6.61 Å². The highest BCUT2D eigenvalue weighted by molar-refractivity contribution is 7.92. The molecule has 0 spiro atoms. The number of ether oxygens (including phenoxy) is 1. The van der Waals surface area contributed by atoms with E-state index >= 15 is 0 Å². The van der Waals surface area contributed by atoms with Crippen LogP contribution in [-0.4, -0.2) is 37.3 Å². The summed E-state index contributed by atoms with van der Waals surface area (Å²) in [5, 5.41) is -0.392. The van der Waals surface area contributed by atoms with Crippen molar-refractivity contribution in [2.45, 2.75) is 99.7 Å². The Labute approximate surface area is 192 Å². The molecule has 32 heavy (non-hydrogen) atoms. The minimum atomic E-state index is -3.47. The van der Waals surface area contributed by atoms with Crippen LogP contribution in [-0.2, 0) is 9.84 Å². The van der Waals surface area contributed by atoms with Crippen LogP contribution in [0.1, 0.15) is 84.0 Å². The molecule has 0 radical (unpaired) electrons. The molecule has 1 heterocycles. The molecule has 1 fully saturated rings. The largest absolute Gasteiger partial charge is 0.473 e. The summed E-state index contributed by atoms with van der Waals surface area (Å²) in [5.74, 6) is 0.245. The number of hydrogen-bond donors (Lipinski definition) is 2. The summed E-state index contributed by atoms with van der Waals surface area (Å²) >= 11 is 0. The second-order valence-electron chi connectivity index (χ2n) is 9.32. The molecule has 0 bridgehead atoms. The number of sulfone groups is 1. The van der Waals surface area contributed by atoms with Gasteiger partial charge in [0.05, 0.1) is 16.5 Å². The van der Waals surface area contributed by atoms with Gasteiger partial charge in [0, 0.05) is 29.9 Å². The average molecular weight is 470 g/mol. The molecule has 0 amide bonds. The van der Waals surface area contributed by atoms with E-state index in [0.29, 0.717) is 24.7 Å². The van der Waals surface area contributed by atoms with E-state index in [1.807, 2.05) is 0 Å². The predicted octanol–water partition coefficient (Wildman–Crippen LogP) is 4.83. The van der Waals surface area contributed by atoms with Crippen LogP contribution in [0.4, 0.5) is 4.39 Å². The van der Waals surface area contributed by atoms with Crippen LogP contribution < -0.4 is 16.2 Å². The molecule has 1 aliphatic carbocycles. The fourth-order valence-corrected chi connectivity index (χ4v) is 6.00. The first-order valence-corrected chi connectivity index (χ1v) is 13.4. The maximum Gasteiger partial charge on any atom is 0.213 e. The van der Waals surface area contributed by atoms with Gasteiger partial charge < -0.3 is 16.2 Å². The van der Waals surface area contributed by atoms with E-state index in [1.54, 1.807) is 0 Å². The molecule has 0 saturated heterocycles. The molecule has 0 aromatic carbocycles. The summed E-state index contributed by atoms with van der Waals surface area (Å²) < 4.78 is 44.6. The molecular formula is C24H40FN3O3S. The summed E-state index contributed by atoms with van der Waals surface area (Å²) in [4.78, 5) is 4.33. The second-order valence-corrected chi connectivity index (χ2v) is 11.5. The molecule has 0 atom stereocenters. The van der Waals surface area contributed by atoms with Crippen molar-refractivity contribution in [3.63, 3.8) is 0 Å². The van der Waals surface area contributed by atoms with Crippen molar-refractivity contribution in [3.8, 4) is 5.88 Å². The zero-order valence-electron chi connectivity index (χ0n) is 19.4. The van der Waals surface area contributed by atoms with Gasteiger partial charge in [0.15, 0.2) is 9.84 Å². The third kappa shape index (κ3) is 8.79. The van der Waals surface area contributed by atoms with E-state index in [1.165, 1.54) is 18.3 Å². The molecule has 2 rings (SSSR count). The van der Waals surface area contributed by atoms with E-state index in [0.717, 1.165) is 64.2 Å². The van der Waals surface area contributed by atoms with Crippen LogP contribution in [0.25, 0.3) is 0 Å². The Bertz CT molecular complexity index is 792.